The van der Waals surface area contributed by atoms with Crippen LogP contribution in [0.4, 0.5) is 0 Å². The van der Waals surface area contributed by atoms with Gasteiger partial charge in [-0.15, -0.1) is 0 Å². The third-order valence-corrected chi connectivity index (χ3v) is 3.18. The van der Waals surface area contributed by atoms with Crippen molar-refractivity contribution in [2.24, 2.45) is 5.92 Å². The first-order valence-electron chi connectivity index (χ1n) is 6.20. The maximum atomic E-state index is 11.9. The summed E-state index contributed by atoms with van der Waals surface area (Å²) in [4.78, 5) is 22.6. The SMILES string of the molecule is CC(Cc1cccc(Cl)c1)C(=O)NCC(C)(O)C(=O)O. The zero-order valence-electron chi connectivity index (χ0n) is 11.4. The number of hydrogen-bond acceptors (Lipinski definition) is 3. The molecule has 2 atom stereocenters. The third kappa shape index (κ3) is 4.83. The van der Waals surface area contributed by atoms with Gasteiger partial charge in [0.25, 0.3) is 0 Å². The summed E-state index contributed by atoms with van der Waals surface area (Å²) in [5.41, 5.74) is -1.05. The second kappa shape index (κ2) is 6.72. The number of carbonyl (C=O) groups is 2. The zero-order valence-corrected chi connectivity index (χ0v) is 12.1. The summed E-state index contributed by atoms with van der Waals surface area (Å²) in [6, 6.07) is 7.19. The standard InChI is InChI=1S/C14H18ClNO4/c1-9(6-10-4-3-5-11(15)7-10)12(17)16-8-14(2,20)13(18)19/h3-5,7,9,20H,6,8H2,1-2H3,(H,16,17)(H,18,19). The van der Waals surface area contributed by atoms with Crippen molar-refractivity contribution in [3.05, 3.63) is 34.9 Å². The molecule has 0 fully saturated rings. The van der Waals surface area contributed by atoms with Crippen molar-refractivity contribution in [1.29, 1.82) is 0 Å². The van der Waals surface area contributed by atoms with Crippen LogP contribution in [-0.4, -0.2) is 34.2 Å². The van der Waals surface area contributed by atoms with Crippen LogP contribution >= 0.6 is 11.6 Å². The molecule has 3 N–H and O–H groups in total. The van der Waals surface area contributed by atoms with E-state index in [-0.39, 0.29) is 18.4 Å². The van der Waals surface area contributed by atoms with Gasteiger partial charge in [0.05, 0.1) is 6.54 Å². The molecule has 0 aliphatic heterocycles. The predicted octanol–water partition coefficient (Wildman–Crippen LogP) is 1.47. The van der Waals surface area contributed by atoms with Gasteiger partial charge in [-0.2, -0.15) is 0 Å². The highest BCUT2D eigenvalue weighted by atomic mass is 35.5. The van der Waals surface area contributed by atoms with Crippen LogP contribution in [0.2, 0.25) is 5.02 Å². The molecule has 0 aromatic heterocycles. The summed E-state index contributed by atoms with van der Waals surface area (Å²) in [5, 5.41) is 21.3. The first-order chi connectivity index (χ1) is 9.22. The molecule has 5 nitrogen and oxygen atoms in total. The van der Waals surface area contributed by atoms with Crippen molar-refractivity contribution in [3.8, 4) is 0 Å². The molecule has 0 saturated carbocycles. The predicted molar refractivity (Wildman–Crippen MR) is 75.6 cm³/mol. The van der Waals surface area contributed by atoms with Crippen molar-refractivity contribution >= 4 is 23.5 Å². The van der Waals surface area contributed by atoms with Gasteiger partial charge in [-0.25, -0.2) is 4.79 Å². The van der Waals surface area contributed by atoms with Crippen molar-refractivity contribution in [2.45, 2.75) is 25.9 Å². The van der Waals surface area contributed by atoms with Crippen molar-refractivity contribution < 1.29 is 19.8 Å². The van der Waals surface area contributed by atoms with E-state index in [4.69, 9.17) is 16.7 Å². The molecule has 0 aliphatic rings. The summed E-state index contributed by atoms with van der Waals surface area (Å²) in [6.07, 6.45) is 0.488. The van der Waals surface area contributed by atoms with Gasteiger partial charge in [0.2, 0.25) is 5.91 Å². The van der Waals surface area contributed by atoms with Crippen LogP contribution in [0.15, 0.2) is 24.3 Å². The third-order valence-electron chi connectivity index (χ3n) is 2.95. The Morgan fingerprint density at radius 1 is 1.45 bits per heavy atom. The van der Waals surface area contributed by atoms with Crippen LogP contribution < -0.4 is 5.32 Å². The fourth-order valence-electron chi connectivity index (χ4n) is 1.62. The van der Waals surface area contributed by atoms with E-state index < -0.39 is 11.6 Å². The van der Waals surface area contributed by atoms with Crippen LogP contribution in [0.1, 0.15) is 19.4 Å². The fourth-order valence-corrected chi connectivity index (χ4v) is 1.83. The molecule has 2 unspecified atom stereocenters. The van der Waals surface area contributed by atoms with Gasteiger partial charge in [0, 0.05) is 10.9 Å². The van der Waals surface area contributed by atoms with Crippen LogP contribution in [0.3, 0.4) is 0 Å². The second-order valence-electron chi connectivity index (χ2n) is 5.03. The molecule has 0 spiro atoms. The summed E-state index contributed by atoms with van der Waals surface area (Å²) < 4.78 is 0. The summed E-state index contributed by atoms with van der Waals surface area (Å²) in [6.45, 7) is 2.53. The van der Waals surface area contributed by atoms with Gasteiger partial charge in [0.15, 0.2) is 5.60 Å². The quantitative estimate of drug-likeness (QED) is 0.742. The Morgan fingerprint density at radius 2 is 2.10 bits per heavy atom. The number of amides is 1. The molecule has 1 aromatic rings. The lowest BCUT2D eigenvalue weighted by Gasteiger charge is -2.20. The molecular formula is C14H18ClNO4. The number of carboxylic acids is 1. The van der Waals surface area contributed by atoms with Crippen LogP contribution in [0.5, 0.6) is 0 Å². The van der Waals surface area contributed by atoms with E-state index in [9.17, 15) is 14.7 Å². The molecule has 1 amide bonds. The lowest BCUT2D eigenvalue weighted by Crippen LogP contribution is -2.47. The van der Waals surface area contributed by atoms with E-state index in [2.05, 4.69) is 5.32 Å². The van der Waals surface area contributed by atoms with Crippen molar-refractivity contribution in [3.63, 3.8) is 0 Å². The number of carbonyl (C=O) groups excluding carboxylic acids is 1. The van der Waals surface area contributed by atoms with E-state index in [1.54, 1.807) is 25.1 Å². The Kier molecular flexibility index (Phi) is 5.53. The molecule has 1 aromatic carbocycles. The number of rotatable bonds is 6. The first kappa shape index (κ1) is 16.5. The molecule has 0 radical (unpaired) electrons. The Hall–Kier alpha value is -1.59. The number of halogens is 1. The molecule has 6 heteroatoms. The van der Waals surface area contributed by atoms with Gasteiger partial charge in [-0.1, -0.05) is 30.7 Å². The van der Waals surface area contributed by atoms with E-state index >= 15 is 0 Å². The Balaban J connectivity index is 2.54. The van der Waals surface area contributed by atoms with Gasteiger partial charge < -0.3 is 15.5 Å². The highest BCUT2D eigenvalue weighted by Gasteiger charge is 2.30. The van der Waals surface area contributed by atoms with Crippen LogP contribution in [0.25, 0.3) is 0 Å². The number of carboxylic acid groups (broad SMARTS) is 1. The highest BCUT2D eigenvalue weighted by Crippen LogP contribution is 2.14. The largest absolute Gasteiger partial charge is 0.479 e. The van der Waals surface area contributed by atoms with E-state index in [1.165, 1.54) is 0 Å². The molecular weight excluding hydrogens is 282 g/mol. The Morgan fingerprint density at radius 3 is 2.65 bits per heavy atom. The monoisotopic (exact) mass is 299 g/mol. The number of aliphatic carboxylic acids is 1. The van der Waals surface area contributed by atoms with E-state index in [1.807, 2.05) is 6.07 Å². The number of nitrogens with one attached hydrogen (secondary N) is 1. The summed E-state index contributed by atoms with van der Waals surface area (Å²) in [7, 11) is 0. The van der Waals surface area contributed by atoms with Gasteiger partial charge in [-0.05, 0) is 31.0 Å². The minimum Gasteiger partial charge on any atom is -0.479 e. The van der Waals surface area contributed by atoms with Gasteiger partial charge >= 0.3 is 5.97 Å². The van der Waals surface area contributed by atoms with Gasteiger partial charge in [-0.3, -0.25) is 4.79 Å². The van der Waals surface area contributed by atoms with Crippen molar-refractivity contribution in [2.75, 3.05) is 6.54 Å². The molecule has 0 heterocycles. The van der Waals surface area contributed by atoms with E-state index in [0.29, 0.717) is 11.4 Å². The number of aliphatic hydroxyl groups is 1. The molecule has 20 heavy (non-hydrogen) atoms. The first-order valence-corrected chi connectivity index (χ1v) is 6.58. The van der Waals surface area contributed by atoms with Crippen molar-refractivity contribution in [1.82, 2.24) is 5.32 Å². The maximum Gasteiger partial charge on any atom is 0.337 e. The molecule has 0 aliphatic carbocycles. The molecule has 0 bridgehead atoms. The number of hydrogen-bond donors (Lipinski definition) is 3. The van der Waals surface area contributed by atoms with E-state index in [0.717, 1.165) is 12.5 Å². The summed E-state index contributed by atoms with van der Waals surface area (Å²) in [5.74, 6) is -2.04. The molecule has 110 valence electrons. The zero-order chi connectivity index (χ0) is 15.3. The smallest absolute Gasteiger partial charge is 0.337 e. The average molecular weight is 300 g/mol. The highest BCUT2D eigenvalue weighted by molar-refractivity contribution is 6.30. The Bertz CT molecular complexity index is 502. The van der Waals surface area contributed by atoms with Gasteiger partial charge in [0.1, 0.15) is 0 Å². The normalized spacial score (nSPS) is 15.2. The lowest BCUT2D eigenvalue weighted by atomic mass is 10.00. The molecule has 0 saturated heterocycles. The lowest BCUT2D eigenvalue weighted by molar-refractivity contribution is -0.156. The fraction of sp³-hybridized carbons (Fsp3) is 0.429. The topological polar surface area (TPSA) is 86.6 Å². The van der Waals surface area contributed by atoms with Crippen LogP contribution in [0, 0.1) is 5.92 Å². The second-order valence-corrected chi connectivity index (χ2v) is 5.47. The summed E-state index contributed by atoms with van der Waals surface area (Å²) >= 11 is 5.86. The molecule has 1 rings (SSSR count). The minimum atomic E-state index is -1.97. The van der Waals surface area contributed by atoms with Crippen LogP contribution in [-0.2, 0) is 16.0 Å². The average Bonchev–Trinajstić information content (AvgIpc) is 2.35. The minimum absolute atomic E-state index is 0.313. The maximum absolute atomic E-state index is 11.9. The Labute approximate surface area is 122 Å². The number of benzene rings is 1.